The lowest BCUT2D eigenvalue weighted by Crippen LogP contribution is -2.18. The molecular weight excluding hydrogens is 234 g/mol. The van der Waals surface area contributed by atoms with E-state index in [9.17, 15) is 0 Å². The van der Waals surface area contributed by atoms with E-state index >= 15 is 0 Å². The summed E-state index contributed by atoms with van der Waals surface area (Å²) in [4.78, 5) is 8.59. The summed E-state index contributed by atoms with van der Waals surface area (Å²) in [7, 11) is 0. The highest BCUT2D eigenvalue weighted by molar-refractivity contribution is 5.48. The van der Waals surface area contributed by atoms with E-state index < -0.39 is 0 Å². The Bertz CT molecular complexity index is 550. The monoisotopic (exact) mass is 255 g/mol. The lowest BCUT2D eigenvalue weighted by molar-refractivity contribution is 0.765. The average molecular weight is 255 g/mol. The van der Waals surface area contributed by atoms with Crippen molar-refractivity contribution in [1.82, 2.24) is 9.97 Å². The Morgan fingerprint density at radius 3 is 2.16 bits per heavy atom. The molecule has 0 radical (unpaired) electrons. The van der Waals surface area contributed by atoms with Crippen LogP contribution in [0.1, 0.15) is 39.4 Å². The van der Waals surface area contributed by atoms with Gasteiger partial charge in [-0.2, -0.15) is 0 Å². The smallest absolute Gasteiger partial charge is 0.0674 e. The summed E-state index contributed by atoms with van der Waals surface area (Å²) in [6, 6.07) is 2.23. The van der Waals surface area contributed by atoms with Crippen LogP contribution >= 0.6 is 0 Å². The molecule has 2 N–H and O–H groups in total. The predicted molar refractivity (Wildman–Crippen MR) is 78.3 cm³/mol. The van der Waals surface area contributed by atoms with E-state index in [1.807, 2.05) is 6.20 Å². The first-order valence-corrected chi connectivity index (χ1v) is 6.59. The van der Waals surface area contributed by atoms with E-state index in [2.05, 4.69) is 43.7 Å². The zero-order valence-electron chi connectivity index (χ0n) is 12.1. The highest BCUT2D eigenvalue weighted by atomic mass is 14.8. The summed E-state index contributed by atoms with van der Waals surface area (Å²) in [6.07, 6.45) is 5.23. The zero-order chi connectivity index (χ0) is 14.0. The Morgan fingerprint density at radius 2 is 1.68 bits per heavy atom. The molecule has 2 aromatic rings. The third kappa shape index (κ3) is 2.51. The Morgan fingerprint density at radius 1 is 1.05 bits per heavy atom. The zero-order valence-corrected chi connectivity index (χ0v) is 12.1. The highest BCUT2D eigenvalue weighted by Gasteiger charge is 2.20. The van der Waals surface area contributed by atoms with Crippen LogP contribution in [0.2, 0.25) is 0 Å². The summed E-state index contributed by atoms with van der Waals surface area (Å²) < 4.78 is 0. The fraction of sp³-hybridized carbons (Fsp3) is 0.375. The van der Waals surface area contributed by atoms with Gasteiger partial charge in [-0.3, -0.25) is 9.97 Å². The maximum Gasteiger partial charge on any atom is 0.0674 e. The molecule has 0 amide bonds. The molecule has 0 aliphatic heterocycles. The van der Waals surface area contributed by atoms with Gasteiger partial charge in [-0.15, -0.1) is 0 Å². The van der Waals surface area contributed by atoms with Crippen LogP contribution in [0.25, 0.3) is 0 Å². The number of hydrogen-bond donors (Lipinski definition) is 1. The van der Waals surface area contributed by atoms with Crippen LogP contribution in [0.4, 0.5) is 0 Å². The highest BCUT2D eigenvalue weighted by Crippen LogP contribution is 2.31. The topological polar surface area (TPSA) is 51.8 Å². The largest absolute Gasteiger partial charge is 0.329 e. The number of rotatable bonds is 3. The van der Waals surface area contributed by atoms with Crippen molar-refractivity contribution in [2.24, 2.45) is 5.73 Å². The maximum atomic E-state index is 6.01. The van der Waals surface area contributed by atoms with Crippen molar-refractivity contribution < 1.29 is 0 Å². The van der Waals surface area contributed by atoms with Crippen molar-refractivity contribution in [3.05, 3.63) is 58.2 Å². The standard InChI is InChI=1S/C16H21N3/c1-10-7-11(2)13(4)16(12(10)3)14(8-17)15-9-18-5-6-19-15/h5-7,9,14H,8,17H2,1-4H3. The Balaban J connectivity index is 2.62. The quantitative estimate of drug-likeness (QED) is 0.917. The molecule has 0 saturated carbocycles. The van der Waals surface area contributed by atoms with Crippen LogP contribution in [0.5, 0.6) is 0 Å². The summed E-state index contributed by atoms with van der Waals surface area (Å²) in [6.45, 7) is 9.17. The molecule has 1 atom stereocenters. The van der Waals surface area contributed by atoms with Gasteiger partial charge in [0, 0.05) is 31.1 Å². The SMILES string of the molecule is Cc1cc(C)c(C)c(C(CN)c2cnccn2)c1C. The van der Waals surface area contributed by atoms with E-state index in [0.29, 0.717) is 6.54 Å². The first-order chi connectivity index (χ1) is 9.06. The lowest BCUT2D eigenvalue weighted by atomic mass is 9.84. The molecule has 3 nitrogen and oxygen atoms in total. The first-order valence-electron chi connectivity index (χ1n) is 6.59. The summed E-state index contributed by atoms with van der Waals surface area (Å²) in [5, 5.41) is 0. The minimum Gasteiger partial charge on any atom is -0.329 e. The van der Waals surface area contributed by atoms with Crippen molar-refractivity contribution in [3.63, 3.8) is 0 Å². The molecule has 19 heavy (non-hydrogen) atoms. The van der Waals surface area contributed by atoms with Gasteiger partial charge in [-0.25, -0.2) is 0 Å². The van der Waals surface area contributed by atoms with Gasteiger partial charge in [0.25, 0.3) is 0 Å². The molecule has 1 unspecified atom stereocenters. The van der Waals surface area contributed by atoms with Crippen LogP contribution in [-0.2, 0) is 0 Å². The van der Waals surface area contributed by atoms with E-state index in [0.717, 1.165) is 5.69 Å². The van der Waals surface area contributed by atoms with Gasteiger partial charge in [-0.1, -0.05) is 6.07 Å². The molecule has 0 fully saturated rings. The van der Waals surface area contributed by atoms with Crippen molar-refractivity contribution in [2.75, 3.05) is 6.54 Å². The molecule has 0 bridgehead atoms. The molecule has 2 rings (SSSR count). The Labute approximate surface area is 114 Å². The molecule has 1 heterocycles. The summed E-state index contributed by atoms with van der Waals surface area (Å²) in [5.41, 5.74) is 13.5. The second-order valence-corrected chi connectivity index (χ2v) is 5.09. The minimum atomic E-state index is 0.118. The molecule has 0 aliphatic rings. The average Bonchev–Trinajstić information content (AvgIpc) is 2.42. The third-order valence-electron chi connectivity index (χ3n) is 3.95. The van der Waals surface area contributed by atoms with Crippen LogP contribution in [0.15, 0.2) is 24.7 Å². The molecule has 100 valence electrons. The maximum absolute atomic E-state index is 6.01. The van der Waals surface area contributed by atoms with Crippen molar-refractivity contribution in [1.29, 1.82) is 0 Å². The van der Waals surface area contributed by atoms with Crippen LogP contribution in [-0.4, -0.2) is 16.5 Å². The van der Waals surface area contributed by atoms with Gasteiger partial charge in [0.05, 0.1) is 5.69 Å². The second-order valence-electron chi connectivity index (χ2n) is 5.09. The van der Waals surface area contributed by atoms with Crippen molar-refractivity contribution in [3.8, 4) is 0 Å². The van der Waals surface area contributed by atoms with Gasteiger partial charge in [-0.05, 0) is 55.5 Å². The minimum absolute atomic E-state index is 0.118. The molecular formula is C16H21N3. The first kappa shape index (κ1) is 13.7. The Hall–Kier alpha value is -1.74. The fourth-order valence-electron chi connectivity index (χ4n) is 2.65. The number of nitrogens with two attached hydrogens (primary N) is 1. The molecule has 0 saturated heterocycles. The fourth-order valence-corrected chi connectivity index (χ4v) is 2.65. The lowest BCUT2D eigenvalue weighted by Gasteiger charge is -2.22. The number of benzene rings is 1. The molecule has 1 aromatic carbocycles. The second kappa shape index (κ2) is 5.49. The number of nitrogens with zero attached hydrogens (tertiary/aromatic N) is 2. The summed E-state index contributed by atoms with van der Waals surface area (Å²) in [5.74, 6) is 0.118. The van der Waals surface area contributed by atoms with Gasteiger partial charge in [0.2, 0.25) is 0 Å². The van der Waals surface area contributed by atoms with Crippen molar-refractivity contribution in [2.45, 2.75) is 33.6 Å². The molecule has 0 aliphatic carbocycles. The van der Waals surface area contributed by atoms with Crippen LogP contribution < -0.4 is 5.73 Å². The Kier molecular flexibility index (Phi) is 3.96. The van der Waals surface area contributed by atoms with E-state index in [-0.39, 0.29) is 5.92 Å². The number of aromatic nitrogens is 2. The number of aryl methyl sites for hydroxylation is 2. The molecule has 0 spiro atoms. The van der Waals surface area contributed by atoms with Gasteiger partial charge < -0.3 is 5.73 Å². The van der Waals surface area contributed by atoms with Gasteiger partial charge >= 0.3 is 0 Å². The van der Waals surface area contributed by atoms with Crippen LogP contribution in [0.3, 0.4) is 0 Å². The normalized spacial score (nSPS) is 12.5. The van der Waals surface area contributed by atoms with E-state index in [1.54, 1.807) is 12.4 Å². The predicted octanol–water partition coefficient (Wildman–Crippen LogP) is 2.80. The van der Waals surface area contributed by atoms with Gasteiger partial charge in [0.1, 0.15) is 0 Å². The summed E-state index contributed by atoms with van der Waals surface area (Å²) >= 11 is 0. The molecule has 3 heteroatoms. The van der Waals surface area contributed by atoms with Crippen LogP contribution in [0, 0.1) is 27.7 Å². The third-order valence-corrected chi connectivity index (χ3v) is 3.95. The van der Waals surface area contributed by atoms with Crippen molar-refractivity contribution >= 4 is 0 Å². The van der Waals surface area contributed by atoms with E-state index in [4.69, 9.17) is 5.73 Å². The van der Waals surface area contributed by atoms with E-state index in [1.165, 1.54) is 27.8 Å². The number of hydrogen-bond acceptors (Lipinski definition) is 3. The van der Waals surface area contributed by atoms with Gasteiger partial charge in [0.15, 0.2) is 0 Å². The molecule has 1 aromatic heterocycles.